The molecule has 0 aliphatic carbocycles. The smallest absolute Gasteiger partial charge is 0.211 e. The standard InChI is InChI=1S/C16H17FN4O2/c1-22-15-8-11(9-20-21-16(18)19)6-7-14(15)23-10-12-4-2-3-5-13(12)17/h2-9H,10H2,1H3,(H4,18,19,21)/b20-9+. The van der Waals surface area contributed by atoms with Gasteiger partial charge in [-0.1, -0.05) is 18.2 Å². The van der Waals surface area contributed by atoms with Crippen LogP contribution in [-0.4, -0.2) is 19.3 Å². The number of methoxy groups -OCH3 is 1. The Balaban J connectivity index is 2.12. The van der Waals surface area contributed by atoms with Crippen molar-refractivity contribution in [1.82, 2.24) is 0 Å². The Morgan fingerprint density at radius 3 is 2.65 bits per heavy atom. The Morgan fingerprint density at radius 1 is 1.17 bits per heavy atom. The molecule has 0 saturated carbocycles. The van der Waals surface area contributed by atoms with E-state index in [0.717, 1.165) is 5.56 Å². The second-order valence-electron chi connectivity index (χ2n) is 4.56. The van der Waals surface area contributed by atoms with Crippen LogP contribution in [0.25, 0.3) is 0 Å². The summed E-state index contributed by atoms with van der Waals surface area (Å²) >= 11 is 0. The van der Waals surface area contributed by atoms with Crippen molar-refractivity contribution >= 4 is 12.2 Å². The number of benzene rings is 2. The molecule has 0 fully saturated rings. The molecule has 0 unspecified atom stereocenters. The van der Waals surface area contributed by atoms with E-state index in [2.05, 4.69) is 10.2 Å². The van der Waals surface area contributed by atoms with Crippen molar-refractivity contribution in [3.05, 3.63) is 59.4 Å². The first kappa shape index (κ1) is 16.3. The SMILES string of the molecule is COc1cc(/C=N/N=C(N)N)ccc1OCc1ccccc1F. The summed E-state index contributed by atoms with van der Waals surface area (Å²) in [4.78, 5) is 0. The highest BCUT2D eigenvalue weighted by atomic mass is 19.1. The second kappa shape index (κ2) is 7.79. The van der Waals surface area contributed by atoms with Crippen LogP contribution in [-0.2, 0) is 6.61 Å². The van der Waals surface area contributed by atoms with Crippen molar-refractivity contribution in [1.29, 1.82) is 0 Å². The minimum Gasteiger partial charge on any atom is -0.493 e. The van der Waals surface area contributed by atoms with Crippen LogP contribution in [0.5, 0.6) is 11.5 Å². The molecule has 2 aromatic rings. The van der Waals surface area contributed by atoms with Crippen LogP contribution >= 0.6 is 0 Å². The molecular weight excluding hydrogens is 299 g/mol. The van der Waals surface area contributed by atoms with E-state index >= 15 is 0 Å². The minimum absolute atomic E-state index is 0.102. The van der Waals surface area contributed by atoms with Gasteiger partial charge in [0.2, 0.25) is 5.96 Å². The summed E-state index contributed by atoms with van der Waals surface area (Å²) < 4.78 is 24.5. The first-order valence-electron chi connectivity index (χ1n) is 6.76. The van der Waals surface area contributed by atoms with Gasteiger partial charge in [-0.3, -0.25) is 0 Å². The summed E-state index contributed by atoms with van der Waals surface area (Å²) in [5.41, 5.74) is 11.6. The molecule has 0 bridgehead atoms. The monoisotopic (exact) mass is 316 g/mol. The van der Waals surface area contributed by atoms with Gasteiger partial charge in [0.25, 0.3) is 0 Å². The first-order chi connectivity index (χ1) is 11.1. The molecule has 6 nitrogen and oxygen atoms in total. The third kappa shape index (κ3) is 4.70. The fourth-order valence-corrected chi connectivity index (χ4v) is 1.82. The number of nitrogens with two attached hydrogens (primary N) is 2. The van der Waals surface area contributed by atoms with Crippen LogP contribution in [0.15, 0.2) is 52.7 Å². The van der Waals surface area contributed by atoms with Gasteiger partial charge in [-0.15, -0.1) is 5.10 Å². The molecule has 2 rings (SSSR count). The largest absolute Gasteiger partial charge is 0.493 e. The van der Waals surface area contributed by atoms with Gasteiger partial charge in [0, 0.05) is 5.56 Å². The highest BCUT2D eigenvalue weighted by Gasteiger charge is 2.07. The lowest BCUT2D eigenvalue weighted by molar-refractivity contribution is 0.279. The maximum absolute atomic E-state index is 13.6. The summed E-state index contributed by atoms with van der Waals surface area (Å²) in [6.07, 6.45) is 1.48. The maximum Gasteiger partial charge on any atom is 0.211 e. The number of guanidine groups is 1. The van der Waals surface area contributed by atoms with E-state index in [1.54, 1.807) is 36.4 Å². The molecule has 0 spiro atoms. The van der Waals surface area contributed by atoms with Gasteiger partial charge < -0.3 is 20.9 Å². The number of hydrogen-bond donors (Lipinski definition) is 2. The lowest BCUT2D eigenvalue weighted by Crippen LogP contribution is -2.21. The molecule has 0 aromatic heterocycles. The average Bonchev–Trinajstić information content (AvgIpc) is 2.54. The first-order valence-corrected chi connectivity index (χ1v) is 6.76. The molecule has 0 aliphatic heterocycles. The van der Waals surface area contributed by atoms with Crippen molar-refractivity contribution in [2.75, 3.05) is 7.11 Å². The summed E-state index contributed by atoms with van der Waals surface area (Å²) in [6.45, 7) is 0.102. The predicted octanol–water partition coefficient (Wildman–Crippen LogP) is 2.02. The Kier molecular flexibility index (Phi) is 5.51. The van der Waals surface area contributed by atoms with E-state index in [9.17, 15) is 4.39 Å². The molecule has 0 amide bonds. The molecule has 2 aromatic carbocycles. The molecular formula is C16H17FN4O2. The second-order valence-corrected chi connectivity index (χ2v) is 4.56. The Morgan fingerprint density at radius 2 is 1.96 bits per heavy atom. The van der Waals surface area contributed by atoms with Crippen LogP contribution < -0.4 is 20.9 Å². The molecule has 4 N–H and O–H groups in total. The minimum atomic E-state index is -0.313. The highest BCUT2D eigenvalue weighted by molar-refractivity contribution is 5.82. The van der Waals surface area contributed by atoms with E-state index in [1.165, 1.54) is 19.4 Å². The van der Waals surface area contributed by atoms with Crippen molar-refractivity contribution in [2.45, 2.75) is 6.61 Å². The Labute approximate surface area is 133 Å². The van der Waals surface area contributed by atoms with E-state index in [0.29, 0.717) is 17.1 Å². The summed E-state index contributed by atoms with van der Waals surface area (Å²) in [7, 11) is 1.52. The highest BCUT2D eigenvalue weighted by Crippen LogP contribution is 2.28. The van der Waals surface area contributed by atoms with Gasteiger partial charge in [0.1, 0.15) is 12.4 Å². The van der Waals surface area contributed by atoms with Gasteiger partial charge in [-0.2, -0.15) is 5.10 Å². The number of halogens is 1. The fourth-order valence-electron chi connectivity index (χ4n) is 1.82. The number of nitrogens with zero attached hydrogens (tertiary/aromatic N) is 2. The van der Waals surface area contributed by atoms with E-state index in [4.69, 9.17) is 20.9 Å². The zero-order valence-corrected chi connectivity index (χ0v) is 12.6. The zero-order chi connectivity index (χ0) is 16.7. The van der Waals surface area contributed by atoms with Crippen molar-refractivity contribution < 1.29 is 13.9 Å². The summed E-state index contributed by atoms with van der Waals surface area (Å²) in [6, 6.07) is 11.6. The predicted molar refractivity (Wildman–Crippen MR) is 87.1 cm³/mol. The zero-order valence-electron chi connectivity index (χ0n) is 12.6. The third-order valence-corrected chi connectivity index (χ3v) is 2.91. The van der Waals surface area contributed by atoms with Gasteiger partial charge in [0.15, 0.2) is 11.5 Å². The molecule has 120 valence electrons. The molecule has 0 aliphatic rings. The van der Waals surface area contributed by atoms with Gasteiger partial charge in [0.05, 0.1) is 13.3 Å². The Bertz CT molecular complexity index is 728. The van der Waals surface area contributed by atoms with Crippen molar-refractivity contribution in [3.63, 3.8) is 0 Å². The van der Waals surface area contributed by atoms with Crippen LogP contribution in [0.4, 0.5) is 4.39 Å². The van der Waals surface area contributed by atoms with Crippen molar-refractivity contribution in [3.8, 4) is 11.5 Å². The molecule has 23 heavy (non-hydrogen) atoms. The molecule has 0 radical (unpaired) electrons. The number of ether oxygens (including phenoxy) is 2. The maximum atomic E-state index is 13.6. The number of rotatable bonds is 6. The topological polar surface area (TPSA) is 95.2 Å². The van der Waals surface area contributed by atoms with Gasteiger partial charge in [-0.05, 0) is 29.8 Å². The normalized spacial score (nSPS) is 10.5. The van der Waals surface area contributed by atoms with E-state index in [1.807, 2.05) is 0 Å². The summed E-state index contributed by atoms with van der Waals surface area (Å²) in [5, 5.41) is 7.23. The summed E-state index contributed by atoms with van der Waals surface area (Å²) in [5.74, 6) is 0.551. The van der Waals surface area contributed by atoms with Crippen LogP contribution in [0.2, 0.25) is 0 Å². The van der Waals surface area contributed by atoms with Crippen LogP contribution in [0.1, 0.15) is 11.1 Å². The van der Waals surface area contributed by atoms with Crippen LogP contribution in [0.3, 0.4) is 0 Å². The molecule has 0 atom stereocenters. The third-order valence-electron chi connectivity index (χ3n) is 2.91. The van der Waals surface area contributed by atoms with E-state index in [-0.39, 0.29) is 18.4 Å². The average molecular weight is 316 g/mol. The van der Waals surface area contributed by atoms with Crippen LogP contribution in [0, 0.1) is 5.82 Å². The molecule has 0 heterocycles. The van der Waals surface area contributed by atoms with Crippen molar-refractivity contribution in [2.24, 2.45) is 21.7 Å². The fraction of sp³-hybridized carbons (Fsp3) is 0.125. The quantitative estimate of drug-likeness (QED) is 0.484. The molecule has 7 heteroatoms. The number of hydrogen-bond acceptors (Lipinski definition) is 4. The molecule has 0 saturated heterocycles. The van der Waals surface area contributed by atoms with E-state index < -0.39 is 0 Å². The van der Waals surface area contributed by atoms with Gasteiger partial charge in [-0.25, -0.2) is 4.39 Å². The van der Waals surface area contributed by atoms with Gasteiger partial charge >= 0.3 is 0 Å². The lowest BCUT2D eigenvalue weighted by atomic mass is 10.2. The lowest BCUT2D eigenvalue weighted by Gasteiger charge is -2.11. The Hall–Kier alpha value is -3.09.